The van der Waals surface area contributed by atoms with Crippen LogP contribution in [0.5, 0.6) is 5.75 Å². The minimum absolute atomic E-state index is 0.0818. The SMILES string of the molecule is CCCCCCCCC(CCCCCC)COC(=O)CCCC(CCCCCC)OC(=O)Oc1ccc([N+](=O)[O-])cc1. The number of ether oxygens (including phenoxy) is 3. The Morgan fingerprint density at radius 2 is 1.21 bits per heavy atom. The summed E-state index contributed by atoms with van der Waals surface area (Å²) in [7, 11) is 0. The molecule has 1 aromatic carbocycles. The lowest BCUT2D eigenvalue weighted by atomic mass is 9.95. The number of carbonyl (C=O) groups excluding carboxylic acids is 2. The summed E-state index contributed by atoms with van der Waals surface area (Å²) in [5, 5.41) is 10.8. The Morgan fingerprint density at radius 1 is 0.714 bits per heavy atom. The predicted molar refractivity (Wildman–Crippen MR) is 168 cm³/mol. The first-order chi connectivity index (χ1) is 20.4. The van der Waals surface area contributed by atoms with Crippen LogP contribution in [0.25, 0.3) is 0 Å². The second kappa shape index (κ2) is 24.9. The summed E-state index contributed by atoms with van der Waals surface area (Å²) in [6, 6.07) is 5.30. The molecule has 8 heteroatoms. The van der Waals surface area contributed by atoms with Crippen LogP contribution in [0.2, 0.25) is 0 Å². The third-order valence-corrected chi connectivity index (χ3v) is 7.71. The number of unbranched alkanes of at least 4 members (excludes halogenated alkanes) is 11. The highest BCUT2D eigenvalue weighted by molar-refractivity contribution is 5.69. The van der Waals surface area contributed by atoms with Gasteiger partial charge in [0, 0.05) is 18.6 Å². The fourth-order valence-corrected chi connectivity index (χ4v) is 5.09. The smallest absolute Gasteiger partial charge is 0.465 e. The maximum atomic E-state index is 12.6. The van der Waals surface area contributed by atoms with Gasteiger partial charge in [0.15, 0.2) is 0 Å². The van der Waals surface area contributed by atoms with Gasteiger partial charge in [-0.3, -0.25) is 14.9 Å². The number of benzene rings is 1. The van der Waals surface area contributed by atoms with Crippen molar-refractivity contribution in [2.24, 2.45) is 5.92 Å². The Hall–Kier alpha value is -2.64. The van der Waals surface area contributed by atoms with E-state index in [-0.39, 0.29) is 23.5 Å². The Morgan fingerprint density at radius 3 is 1.79 bits per heavy atom. The van der Waals surface area contributed by atoms with Gasteiger partial charge < -0.3 is 14.2 Å². The average molecular weight is 592 g/mol. The van der Waals surface area contributed by atoms with Crippen molar-refractivity contribution in [3.63, 3.8) is 0 Å². The molecular weight excluding hydrogens is 534 g/mol. The zero-order valence-corrected chi connectivity index (χ0v) is 26.6. The third-order valence-electron chi connectivity index (χ3n) is 7.71. The van der Waals surface area contributed by atoms with Crippen molar-refractivity contribution in [2.45, 2.75) is 155 Å². The van der Waals surface area contributed by atoms with Crippen LogP contribution >= 0.6 is 0 Å². The van der Waals surface area contributed by atoms with Crippen LogP contribution in [0.3, 0.4) is 0 Å². The molecule has 0 saturated carbocycles. The number of non-ortho nitro benzene ring substituents is 1. The lowest BCUT2D eigenvalue weighted by Gasteiger charge is -2.19. The molecule has 0 fully saturated rings. The van der Waals surface area contributed by atoms with Crippen LogP contribution in [-0.4, -0.2) is 29.8 Å². The van der Waals surface area contributed by atoms with Gasteiger partial charge in [-0.1, -0.05) is 104 Å². The molecule has 2 atom stereocenters. The van der Waals surface area contributed by atoms with Gasteiger partial charge in [0.05, 0.1) is 11.5 Å². The number of rotatable bonds is 26. The lowest BCUT2D eigenvalue weighted by molar-refractivity contribution is -0.384. The molecule has 0 N–H and O–H groups in total. The fourth-order valence-electron chi connectivity index (χ4n) is 5.09. The Labute approximate surface area is 254 Å². The summed E-state index contributed by atoms with van der Waals surface area (Å²) in [5.41, 5.74) is -0.0818. The molecule has 0 radical (unpaired) electrons. The van der Waals surface area contributed by atoms with Crippen molar-refractivity contribution in [1.82, 2.24) is 0 Å². The molecule has 1 aromatic rings. The molecule has 0 saturated heterocycles. The number of hydrogen-bond donors (Lipinski definition) is 0. The van der Waals surface area contributed by atoms with Gasteiger partial charge in [-0.2, -0.15) is 0 Å². The largest absolute Gasteiger partial charge is 0.514 e. The molecule has 0 aliphatic carbocycles. The van der Waals surface area contributed by atoms with E-state index in [1.807, 2.05) is 0 Å². The van der Waals surface area contributed by atoms with E-state index in [1.165, 1.54) is 88.5 Å². The first-order valence-electron chi connectivity index (χ1n) is 16.7. The quantitative estimate of drug-likeness (QED) is 0.0347. The zero-order chi connectivity index (χ0) is 30.8. The molecule has 0 amide bonds. The van der Waals surface area contributed by atoms with Crippen molar-refractivity contribution in [3.05, 3.63) is 34.4 Å². The second-order valence-electron chi connectivity index (χ2n) is 11.5. The predicted octanol–water partition coefficient (Wildman–Crippen LogP) is 10.5. The van der Waals surface area contributed by atoms with E-state index in [1.54, 1.807) is 0 Å². The fraction of sp³-hybridized carbons (Fsp3) is 0.765. The molecule has 2 unspecified atom stereocenters. The summed E-state index contributed by atoms with van der Waals surface area (Å²) in [5.74, 6) is 0.430. The van der Waals surface area contributed by atoms with Gasteiger partial charge in [0.1, 0.15) is 11.9 Å². The number of nitrogens with zero attached hydrogens (tertiary/aromatic N) is 1. The van der Waals surface area contributed by atoms with Gasteiger partial charge in [-0.15, -0.1) is 0 Å². The van der Waals surface area contributed by atoms with Crippen molar-refractivity contribution in [1.29, 1.82) is 0 Å². The van der Waals surface area contributed by atoms with Gasteiger partial charge >= 0.3 is 12.1 Å². The molecule has 1 rings (SSSR count). The summed E-state index contributed by atoms with van der Waals surface area (Å²) in [4.78, 5) is 35.3. The minimum Gasteiger partial charge on any atom is -0.465 e. The van der Waals surface area contributed by atoms with Crippen molar-refractivity contribution >= 4 is 17.8 Å². The molecule has 42 heavy (non-hydrogen) atoms. The van der Waals surface area contributed by atoms with Crippen molar-refractivity contribution in [3.8, 4) is 5.75 Å². The Kier molecular flexibility index (Phi) is 22.2. The zero-order valence-electron chi connectivity index (χ0n) is 26.6. The highest BCUT2D eigenvalue weighted by Gasteiger charge is 2.18. The van der Waals surface area contributed by atoms with Gasteiger partial charge in [-0.25, -0.2) is 4.79 Å². The summed E-state index contributed by atoms with van der Waals surface area (Å²) < 4.78 is 16.5. The maximum Gasteiger partial charge on any atom is 0.514 e. The Bertz CT molecular complexity index is 843. The van der Waals surface area contributed by atoms with Crippen LogP contribution < -0.4 is 4.74 Å². The number of hydrogen-bond acceptors (Lipinski definition) is 7. The number of nitro benzene ring substituents is 1. The average Bonchev–Trinajstić information content (AvgIpc) is 2.97. The highest BCUT2D eigenvalue weighted by atomic mass is 16.7. The van der Waals surface area contributed by atoms with Crippen LogP contribution in [0.4, 0.5) is 10.5 Å². The van der Waals surface area contributed by atoms with E-state index < -0.39 is 11.1 Å². The lowest BCUT2D eigenvalue weighted by Crippen LogP contribution is -2.22. The van der Waals surface area contributed by atoms with Crippen molar-refractivity contribution in [2.75, 3.05) is 6.61 Å². The van der Waals surface area contributed by atoms with Gasteiger partial charge in [-0.05, 0) is 56.6 Å². The molecule has 0 spiro atoms. The molecule has 8 nitrogen and oxygen atoms in total. The molecule has 240 valence electrons. The first-order valence-corrected chi connectivity index (χ1v) is 16.7. The van der Waals surface area contributed by atoms with Gasteiger partial charge in [0.2, 0.25) is 0 Å². The van der Waals surface area contributed by atoms with Crippen LogP contribution in [-0.2, 0) is 14.3 Å². The molecular formula is C34H57NO7. The summed E-state index contributed by atoms with van der Waals surface area (Å²) in [6.45, 7) is 7.10. The maximum absolute atomic E-state index is 12.6. The highest BCUT2D eigenvalue weighted by Crippen LogP contribution is 2.22. The van der Waals surface area contributed by atoms with Gasteiger partial charge in [0.25, 0.3) is 5.69 Å². The second-order valence-corrected chi connectivity index (χ2v) is 11.5. The molecule has 0 heterocycles. The van der Waals surface area contributed by atoms with Crippen LogP contribution in [0.15, 0.2) is 24.3 Å². The monoisotopic (exact) mass is 591 g/mol. The number of carbonyl (C=O) groups is 2. The minimum atomic E-state index is -0.840. The number of nitro groups is 1. The number of esters is 1. The van der Waals surface area contributed by atoms with E-state index in [2.05, 4.69) is 20.8 Å². The normalized spacial score (nSPS) is 12.5. The Balaban J connectivity index is 2.50. The topological polar surface area (TPSA) is 105 Å². The van der Waals surface area contributed by atoms with E-state index in [9.17, 15) is 19.7 Å². The third kappa shape index (κ3) is 19.5. The molecule has 0 aromatic heterocycles. The van der Waals surface area contributed by atoms with E-state index in [0.29, 0.717) is 38.2 Å². The molecule has 0 aliphatic heterocycles. The molecule has 0 bridgehead atoms. The molecule has 0 aliphatic rings. The summed E-state index contributed by atoms with van der Waals surface area (Å²) in [6.07, 6.45) is 19.9. The van der Waals surface area contributed by atoms with E-state index >= 15 is 0 Å². The standard InChI is InChI=1S/C34H57NO7/c1-4-7-10-13-14-16-20-29(19-15-11-8-5-2)28-40-33(36)23-18-22-31(21-17-12-9-6-3)41-34(37)42-32-26-24-30(25-27-32)35(38)39/h24-27,29,31H,4-23,28H2,1-3H3. The first kappa shape index (κ1) is 37.4. The van der Waals surface area contributed by atoms with Crippen LogP contribution in [0.1, 0.15) is 149 Å². The van der Waals surface area contributed by atoms with E-state index in [0.717, 1.165) is 38.5 Å². The van der Waals surface area contributed by atoms with E-state index in [4.69, 9.17) is 14.2 Å². The van der Waals surface area contributed by atoms with Crippen molar-refractivity contribution < 1.29 is 28.7 Å². The van der Waals surface area contributed by atoms with Crippen LogP contribution in [0, 0.1) is 16.0 Å². The summed E-state index contributed by atoms with van der Waals surface area (Å²) >= 11 is 0.